The molecule has 0 saturated heterocycles. The average molecular weight is 375 g/mol. The first-order chi connectivity index (χ1) is 12.9. The summed E-state index contributed by atoms with van der Waals surface area (Å²) in [5.41, 5.74) is 9.55. The quantitative estimate of drug-likeness (QED) is 0.260. The van der Waals surface area contributed by atoms with Gasteiger partial charge in [-0.3, -0.25) is 10.0 Å². The minimum absolute atomic E-state index is 0.151. The van der Waals surface area contributed by atoms with Crippen LogP contribution in [0, 0.1) is 5.92 Å². The van der Waals surface area contributed by atoms with Crippen molar-refractivity contribution >= 4 is 17.6 Å². The van der Waals surface area contributed by atoms with Gasteiger partial charge in [-0.25, -0.2) is 15.0 Å². The van der Waals surface area contributed by atoms with Crippen LogP contribution in [0.3, 0.4) is 0 Å². The van der Waals surface area contributed by atoms with Crippen molar-refractivity contribution in [2.24, 2.45) is 5.92 Å². The van der Waals surface area contributed by atoms with E-state index in [9.17, 15) is 9.59 Å². The van der Waals surface area contributed by atoms with E-state index in [1.807, 2.05) is 38.1 Å². The Labute approximate surface area is 157 Å². The van der Waals surface area contributed by atoms with E-state index in [0.717, 1.165) is 5.56 Å². The summed E-state index contributed by atoms with van der Waals surface area (Å²) in [7, 11) is 0. The molecule has 1 atom stereocenters. The van der Waals surface area contributed by atoms with Crippen LogP contribution >= 0.6 is 0 Å². The molecule has 1 heterocycles. The molecule has 0 saturated carbocycles. The predicted octanol–water partition coefficient (Wildman–Crippen LogP) is 0.628. The maximum absolute atomic E-state index is 12.0. The second-order valence-electron chi connectivity index (χ2n) is 6.64. The first kappa shape index (κ1) is 20.2. The lowest BCUT2D eigenvalue weighted by atomic mass is 10.0. The number of benzene rings is 1. The molecule has 0 bridgehead atoms. The fourth-order valence-corrected chi connectivity index (χ4v) is 2.54. The fourth-order valence-electron chi connectivity index (χ4n) is 2.54. The molecule has 27 heavy (non-hydrogen) atoms. The third kappa shape index (κ3) is 6.59. The maximum Gasteiger partial charge on any atom is 0.315 e. The molecule has 0 unspecified atom stereocenters. The molecule has 0 aliphatic carbocycles. The smallest absolute Gasteiger partial charge is 0.315 e. The Kier molecular flexibility index (Phi) is 7.12. The van der Waals surface area contributed by atoms with Crippen molar-refractivity contribution in [1.82, 2.24) is 31.1 Å². The standard InChI is InChI=1S/C17H25N7O3/c1-11(2)6-15(16(25)22-27)20-17(26)19-8-14-10-24(23-21-14)9-12-4-3-5-13(18)7-12/h3-5,7,10-11,15,27H,6,8-9,18H2,1-2H3,(H,22,25)(H2,19,20,26)/t15-/m0/s1. The van der Waals surface area contributed by atoms with E-state index in [0.29, 0.717) is 24.3 Å². The van der Waals surface area contributed by atoms with Gasteiger partial charge in [0, 0.05) is 5.69 Å². The van der Waals surface area contributed by atoms with Gasteiger partial charge in [-0.15, -0.1) is 5.10 Å². The van der Waals surface area contributed by atoms with Gasteiger partial charge in [0.2, 0.25) is 0 Å². The van der Waals surface area contributed by atoms with Crippen molar-refractivity contribution in [2.45, 2.75) is 39.4 Å². The topological polar surface area (TPSA) is 147 Å². The van der Waals surface area contributed by atoms with E-state index >= 15 is 0 Å². The Morgan fingerprint density at radius 3 is 2.78 bits per heavy atom. The summed E-state index contributed by atoms with van der Waals surface area (Å²) in [4.78, 5) is 23.6. The molecule has 1 aromatic carbocycles. The number of rotatable bonds is 8. The van der Waals surface area contributed by atoms with Crippen LogP contribution in [0.2, 0.25) is 0 Å². The number of nitrogens with one attached hydrogen (secondary N) is 3. The molecule has 2 rings (SSSR count). The molecule has 2 aromatic rings. The largest absolute Gasteiger partial charge is 0.399 e. The van der Waals surface area contributed by atoms with Gasteiger partial charge in [0.05, 0.1) is 19.3 Å². The first-order valence-electron chi connectivity index (χ1n) is 8.59. The number of carbonyl (C=O) groups excluding carboxylic acids is 2. The molecule has 0 aliphatic rings. The average Bonchev–Trinajstić information content (AvgIpc) is 3.05. The van der Waals surface area contributed by atoms with E-state index in [-0.39, 0.29) is 12.5 Å². The van der Waals surface area contributed by atoms with Crippen LogP contribution in [0.5, 0.6) is 0 Å². The number of hydroxylamine groups is 1. The van der Waals surface area contributed by atoms with E-state index in [1.165, 1.54) is 0 Å². The summed E-state index contributed by atoms with van der Waals surface area (Å²) in [6.07, 6.45) is 2.12. The number of hydrogen-bond donors (Lipinski definition) is 5. The second-order valence-corrected chi connectivity index (χ2v) is 6.64. The first-order valence-corrected chi connectivity index (χ1v) is 8.59. The van der Waals surface area contributed by atoms with Gasteiger partial charge < -0.3 is 16.4 Å². The summed E-state index contributed by atoms with van der Waals surface area (Å²) in [5.74, 6) is -0.494. The highest BCUT2D eigenvalue weighted by Crippen LogP contribution is 2.08. The molecule has 6 N–H and O–H groups in total. The van der Waals surface area contributed by atoms with Crippen LogP contribution in [-0.2, 0) is 17.9 Å². The zero-order chi connectivity index (χ0) is 19.8. The molecule has 3 amide bonds. The second kappa shape index (κ2) is 9.53. The Bertz CT molecular complexity index is 775. The zero-order valence-electron chi connectivity index (χ0n) is 15.3. The number of hydrogen-bond acceptors (Lipinski definition) is 6. The van der Waals surface area contributed by atoms with Crippen molar-refractivity contribution < 1.29 is 14.8 Å². The fraction of sp³-hybridized carbons (Fsp3) is 0.412. The summed E-state index contributed by atoms with van der Waals surface area (Å²) >= 11 is 0. The predicted molar refractivity (Wildman–Crippen MR) is 98.5 cm³/mol. The molecule has 0 radical (unpaired) electrons. The van der Waals surface area contributed by atoms with E-state index < -0.39 is 18.0 Å². The van der Waals surface area contributed by atoms with Gasteiger partial charge in [0.1, 0.15) is 11.7 Å². The van der Waals surface area contributed by atoms with Gasteiger partial charge in [0.25, 0.3) is 5.91 Å². The number of aromatic nitrogens is 3. The summed E-state index contributed by atoms with van der Waals surface area (Å²) in [6.45, 7) is 4.49. The number of nitrogens with zero attached hydrogens (tertiary/aromatic N) is 3. The Morgan fingerprint density at radius 1 is 1.33 bits per heavy atom. The van der Waals surface area contributed by atoms with Crippen molar-refractivity contribution in [1.29, 1.82) is 0 Å². The summed E-state index contributed by atoms with van der Waals surface area (Å²) < 4.78 is 1.64. The number of amides is 3. The lowest BCUT2D eigenvalue weighted by Gasteiger charge is -2.18. The minimum atomic E-state index is -0.825. The minimum Gasteiger partial charge on any atom is -0.399 e. The number of urea groups is 1. The van der Waals surface area contributed by atoms with Crippen molar-refractivity contribution in [2.75, 3.05) is 5.73 Å². The number of nitrogen functional groups attached to an aromatic ring is 1. The molecule has 0 aliphatic heterocycles. The normalized spacial score (nSPS) is 11.9. The highest BCUT2D eigenvalue weighted by atomic mass is 16.5. The van der Waals surface area contributed by atoms with Crippen LogP contribution in [0.4, 0.5) is 10.5 Å². The lowest BCUT2D eigenvalue weighted by Crippen LogP contribution is -2.49. The van der Waals surface area contributed by atoms with Gasteiger partial charge in [-0.1, -0.05) is 31.2 Å². The SMILES string of the molecule is CC(C)C[C@H](NC(=O)NCc1cn(Cc2cccc(N)c2)nn1)C(=O)NO. The van der Waals surface area contributed by atoms with E-state index in [4.69, 9.17) is 10.9 Å². The maximum atomic E-state index is 12.0. The van der Waals surface area contributed by atoms with E-state index in [2.05, 4.69) is 20.9 Å². The van der Waals surface area contributed by atoms with Crippen LogP contribution in [0.15, 0.2) is 30.5 Å². The molecular weight excluding hydrogens is 350 g/mol. The van der Waals surface area contributed by atoms with Crippen LogP contribution < -0.4 is 21.8 Å². The molecule has 10 nitrogen and oxygen atoms in total. The van der Waals surface area contributed by atoms with Gasteiger partial charge in [0.15, 0.2) is 0 Å². The van der Waals surface area contributed by atoms with Crippen molar-refractivity contribution in [3.8, 4) is 0 Å². The summed E-state index contributed by atoms with van der Waals surface area (Å²) in [5, 5.41) is 22.0. The van der Waals surface area contributed by atoms with Crippen LogP contribution in [-0.4, -0.2) is 38.2 Å². The monoisotopic (exact) mass is 375 g/mol. The third-order valence-electron chi connectivity index (χ3n) is 3.75. The Hall–Kier alpha value is -3.14. The highest BCUT2D eigenvalue weighted by Gasteiger charge is 2.21. The van der Waals surface area contributed by atoms with Gasteiger partial charge in [-0.05, 0) is 30.0 Å². The zero-order valence-corrected chi connectivity index (χ0v) is 15.3. The number of anilines is 1. The lowest BCUT2D eigenvalue weighted by molar-refractivity contribution is -0.131. The Morgan fingerprint density at radius 2 is 2.11 bits per heavy atom. The number of carbonyl (C=O) groups is 2. The molecule has 10 heteroatoms. The van der Waals surface area contributed by atoms with E-state index in [1.54, 1.807) is 16.4 Å². The molecular formula is C17H25N7O3. The number of nitrogens with two attached hydrogens (primary N) is 1. The molecule has 1 aromatic heterocycles. The van der Waals surface area contributed by atoms with Crippen LogP contribution in [0.25, 0.3) is 0 Å². The van der Waals surface area contributed by atoms with Crippen molar-refractivity contribution in [3.05, 3.63) is 41.7 Å². The highest BCUT2D eigenvalue weighted by molar-refractivity contribution is 5.86. The van der Waals surface area contributed by atoms with Gasteiger partial charge >= 0.3 is 6.03 Å². The summed E-state index contributed by atoms with van der Waals surface area (Å²) in [6, 6.07) is 6.11. The van der Waals surface area contributed by atoms with Crippen LogP contribution in [0.1, 0.15) is 31.5 Å². The van der Waals surface area contributed by atoms with Crippen molar-refractivity contribution in [3.63, 3.8) is 0 Å². The van der Waals surface area contributed by atoms with Gasteiger partial charge in [-0.2, -0.15) is 0 Å². The Balaban J connectivity index is 1.86. The third-order valence-corrected chi connectivity index (χ3v) is 3.75. The molecule has 0 fully saturated rings. The molecule has 0 spiro atoms. The molecule has 146 valence electrons.